The second-order valence-corrected chi connectivity index (χ2v) is 7.71. The third-order valence-corrected chi connectivity index (χ3v) is 4.93. The quantitative estimate of drug-likeness (QED) is 0.688. The lowest BCUT2D eigenvalue weighted by Crippen LogP contribution is -2.69. The highest BCUT2D eigenvalue weighted by molar-refractivity contribution is 5.77. The van der Waals surface area contributed by atoms with Crippen molar-refractivity contribution in [1.29, 1.82) is 0 Å². The molecule has 1 fully saturated rings. The molecular formula is C21H25FN2O3. The van der Waals surface area contributed by atoms with Crippen LogP contribution in [0.2, 0.25) is 0 Å². The SMILES string of the molecule is C=CC=C(C(F)=CC)C1CC2(CC(C)(C)NC(=O)N2)Oc2cc(O)ccc21. The third-order valence-electron chi connectivity index (χ3n) is 4.93. The number of urea groups is 1. The Morgan fingerprint density at radius 3 is 2.78 bits per heavy atom. The fourth-order valence-corrected chi connectivity index (χ4v) is 4.06. The fourth-order valence-electron chi connectivity index (χ4n) is 4.06. The fraction of sp³-hybridized carbons (Fsp3) is 0.381. The van der Waals surface area contributed by atoms with E-state index in [0.29, 0.717) is 24.2 Å². The molecule has 2 unspecified atom stereocenters. The molecule has 27 heavy (non-hydrogen) atoms. The minimum absolute atomic E-state index is 0.0461. The van der Waals surface area contributed by atoms with Crippen molar-refractivity contribution in [3.63, 3.8) is 0 Å². The Balaban J connectivity index is 2.14. The molecule has 2 amide bonds. The van der Waals surface area contributed by atoms with Gasteiger partial charge in [-0.3, -0.25) is 0 Å². The van der Waals surface area contributed by atoms with E-state index in [4.69, 9.17) is 4.74 Å². The van der Waals surface area contributed by atoms with Crippen molar-refractivity contribution in [3.05, 3.63) is 60.0 Å². The molecule has 2 heterocycles. The van der Waals surface area contributed by atoms with Gasteiger partial charge in [0.15, 0.2) is 5.72 Å². The highest BCUT2D eigenvalue weighted by atomic mass is 19.1. The maximum Gasteiger partial charge on any atom is 0.318 e. The van der Waals surface area contributed by atoms with Gasteiger partial charge in [0.2, 0.25) is 0 Å². The largest absolute Gasteiger partial charge is 0.508 e. The molecule has 2 aliphatic heterocycles. The number of amides is 2. The number of rotatable bonds is 3. The Morgan fingerprint density at radius 1 is 1.41 bits per heavy atom. The molecule has 0 aliphatic carbocycles. The Bertz CT molecular complexity index is 844. The molecule has 0 radical (unpaired) electrons. The van der Waals surface area contributed by atoms with Crippen LogP contribution in [0, 0.1) is 0 Å². The van der Waals surface area contributed by atoms with Crippen LogP contribution in [0.15, 0.2) is 54.4 Å². The number of fused-ring (bicyclic) bond motifs is 1. The second kappa shape index (κ2) is 6.76. The first-order valence-corrected chi connectivity index (χ1v) is 8.96. The zero-order chi connectivity index (χ0) is 19.8. The zero-order valence-electron chi connectivity index (χ0n) is 15.8. The van der Waals surface area contributed by atoms with Gasteiger partial charge in [-0.25, -0.2) is 9.18 Å². The Morgan fingerprint density at radius 2 is 2.15 bits per heavy atom. The molecule has 2 atom stereocenters. The van der Waals surface area contributed by atoms with E-state index in [0.717, 1.165) is 5.56 Å². The lowest BCUT2D eigenvalue weighted by molar-refractivity contribution is -0.0239. The Kier molecular flexibility index (Phi) is 4.76. The van der Waals surface area contributed by atoms with Crippen molar-refractivity contribution in [2.75, 3.05) is 0 Å². The Labute approximate surface area is 158 Å². The number of benzene rings is 1. The molecule has 1 aromatic carbocycles. The summed E-state index contributed by atoms with van der Waals surface area (Å²) in [6, 6.07) is 4.45. The lowest BCUT2D eigenvalue weighted by Gasteiger charge is -2.49. The normalized spacial score (nSPS) is 27.3. The van der Waals surface area contributed by atoms with Crippen molar-refractivity contribution in [2.24, 2.45) is 0 Å². The van der Waals surface area contributed by atoms with Crippen molar-refractivity contribution < 1.29 is 19.0 Å². The van der Waals surface area contributed by atoms with Crippen LogP contribution in [0.1, 0.15) is 45.1 Å². The monoisotopic (exact) mass is 372 g/mol. The summed E-state index contributed by atoms with van der Waals surface area (Å²) in [5, 5.41) is 15.7. The molecule has 0 saturated carbocycles. The first-order valence-electron chi connectivity index (χ1n) is 8.96. The lowest BCUT2D eigenvalue weighted by atomic mass is 9.76. The standard InChI is InChI=1S/C21H25FN2O3/c1-5-7-14(17(22)6-2)16-11-21(12-20(3,4)23-19(26)24-21)27-18-10-13(25)8-9-15(16)18/h5-10,16,25H,1,11-12H2,2-4H3,(H2,23,24,26). The molecule has 1 spiro atoms. The predicted molar refractivity (Wildman–Crippen MR) is 102 cm³/mol. The van der Waals surface area contributed by atoms with E-state index in [1.165, 1.54) is 12.1 Å². The third kappa shape index (κ3) is 3.70. The number of carbonyl (C=O) groups excluding carboxylic acids is 1. The summed E-state index contributed by atoms with van der Waals surface area (Å²) in [5.74, 6) is -0.235. The maximum atomic E-state index is 14.7. The van der Waals surface area contributed by atoms with Gasteiger partial charge in [0, 0.05) is 35.9 Å². The van der Waals surface area contributed by atoms with Gasteiger partial charge < -0.3 is 20.5 Å². The van der Waals surface area contributed by atoms with Gasteiger partial charge in [0.1, 0.15) is 17.3 Å². The number of hydrogen-bond acceptors (Lipinski definition) is 3. The molecule has 3 rings (SSSR count). The smallest absolute Gasteiger partial charge is 0.318 e. The van der Waals surface area contributed by atoms with Crippen LogP contribution in [-0.2, 0) is 0 Å². The zero-order valence-corrected chi connectivity index (χ0v) is 15.8. The van der Waals surface area contributed by atoms with Gasteiger partial charge in [-0.2, -0.15) is 0 Å². The number of halogens is 1. The van der Waals surface area contributed by atoms with Crippen LogP contribution < -0.4 is 15.4 Å². The predicted octanol–water partition coefficient (Wildman–Crippen LogP) is 4.42. The first kappa shape index (κ1) is 19.0. The van der Waals surface area contributed by atoms with Crippen molar-refractivity contribution in [1.82, 2.24) is 10.6 Å². The summed E-state index contributed by atoms with van der Waals surface area (Å²) in [7, 11) is 0. The summed E-state index contributed by atoms with van der Waals surface area (Å²) in [6.45, 7) is 9.16. The molecule has 6 heteroatoms. The molecule has 2 aliphatic rings. The van der Waals surface area contributed by atoms with E-state index in [-0.39, 0.29) is 23.5 Å². The van der Waals surface area contributed by atoms with Crippen molar-refractivity contribution in [2.45, 2.75) is 50.8 Å². The highest BCUT2D eigenvalue weighted by Crippen LogP contribution is 2.49. The molecule has 0 bridgehead atoms. The van der Waals surface area contributed by atoms with E-state index in [9.17, 15) is 14.3 Å². The Hall–Kier alpha value is -2.76. The average Bonchev–Trinajstić information content (AvgIpc) is 2.55. The number of phenolic OH excluding ortho intramolecular Hbond substituents is 1. The van der Waals surface area contributed by atoms with E-state index in [2.05, 4.69) is 17.2 Å². The van der Waals surface area contributed by atoms with Crippen LogP contribution >= 0.6 is 0 Å². The van der Waals surface area contributed by atoms with Crippen LogP contribution in [0.4, 0.5) is 9.18 Å². The van der Waals surface area contributed by atoms with Gasteiger partial charge in [-0.1, -0.05) is 30.9 Å². The number of allylic oxidation sites excluding steroid dienone is 5. The number of phenols is 1. The molecule has 1 aromatic rings. The minimum atomic E-state index is -1.01. The van der Waals surface area contributed by atoms with Gasteiger partial charge >= 0.3 is 6.03 Å². The molecule has 5 nitrogen and oxygen atoms in total. The minimum Gasteiger partial charge on any atom is -0.508 e. The van der Waals surface area contributed by atoms with Gasteiger partial charge in [-0.15, -0.1) is 0 Å². The van der Waals surface area contributed by atoms with Gasteiger partial charge in [0.25, 0.3) is 0 Å². The highest BCUT2D eigenvalue weighted by Gasteiger charge is 2.50. The van der Waals surface area contributed by atoms with Crippen LogP contribution in [0.3, 0.4) is 0 Å². The van der Waals surface area contributed by atoms with Crippen LogP contribution in [0.5, 0.6) is 11.5 Å². The van der Waals surface area contributed by atoms with Gasteiger partial charge in [0.05, 0.1) is 0 Å². The van der Waals surface area contributed by atoms with Gasteiger partial charge in [-0.05, 0) is 32.4 Å². The molecule has 1 saturated heterocycles. The van der Waals surface area contributed by atoms with Crippen LogP contribution in [-0.4, -0.2) is 22.4 Å². The number of ether oxygens (including phenoxy) is 1. The summed E-state index contributed by atoms with van der Waals surface area (Å²) in [4.78, 5) is 12.3. The van der Waals surface area contributed by atoms with E-state index in [1.54, 1.807) is 31.2 Å². The van der Waals surface area contributed by atoms with E-state index in [1.807, 2.05) is 13.8 Å². The summed E-state index contributed by atoms with van der Waals surface area (Å²) in [5.41, 5.74) is -0.282. The average molecular weight is 372 g/mol. The van der Waals surface area contributed by atoms with Crippen molar-refractivity contribution >= 4 is 6.03 Å². The number of carbonyl (C=O) groups is 1. The van der Waals surface area contributed by atoms with Crippen LogP contribution in [0.25, 0.3) is 0 Å². The second-order valence-electron chi connectivity index (χ2n) is 7.71. The number of nitrogens with one attached hydrogen (secondary N) is 2. The summed E-state index contributed by atoms with van der Waals surface area (Å²) >= 11 is 0. The summed E-state index contributed by atoms with van der Waals surface area (Å²) in [6.07, 6.45) is 5.44. The molecule has 0 aromatic heterocycles. The first-order chi connectivity index (χ1) is 12.7. The molecular weight excluding hydrogens is 347 g/mol. The van der Waals surface area contributed by atoms with E-state index < -0.39 is 11.3 Å². The number of hydrogen-bond donors (Lipinski definition) is 3. The van der Waals surface area contributed by atoms with E-state index >= 15 is 0 Å². The molecule has 144 valence electrons. The summed E-state index contributed by atoms with van der Waals surface area (Å²) < 4.78 is 20.9. The molecule has 3 N–H and O–H groups in total. The number of aromatic hydroxyl groups is 1. The topological polar surface area (TPSA) is 70.6 Å². The maximum absolute atomic E-state index is 14.7. The van der Waals surface area contributed by atoms with Crippen molar-refractivity contribution in [3.8, 4) is 11.5 Å².